The van der Waals surface area contributed by atoms with Crippen molar-refractivity contribution < 1.29 is 14.3 Å². The summed E-state index contributed by atoms with van der Waals surface area (Å²) >= 11 is 0. The molecule has 102 valence electrons. The van der Waals surface area contributed by atoms with Gasteiger partial charge in [-0.2, -0.15) is 0 Å². The minimum atomic E-state index is -0.976. The van der Waals surface area contributed by atoms with E-state index in [1.165, 1.54) is 12.3 Å². The number of aromatic nitrogens is 2. The molecule has 0 bridgehead atoms. The van der Waals surface area contributed by atoms with Crippen LogP contribution >= 0.6 is 0 Å². The zero-order valence-electron chi connectivity index (χ0n) is 11.0. The highest BCUT2D eigenvalue weighted by Crippen LogP contribution is 2.20. The fourth-order valence-electron chi connectivity index (χ4n) is 2.37. The van der Waals surface area contributed by atoms with Gasteiger partial charge in [-0.25, -0.2) is 9.78 Å². The summed E-state index contributed by atoms with van der Waals surface area (Å²) in [7, 11) is 0. The number of furan rings is 1. The van der Waals surface area contributed by atoms with Crippen molar-refractivity contribution in [3.8, 4) is 0 Å². The molecule has 0 saturated heterocycles. The van der Waals surface area contributed by atoms with Gasteiger partial charge in [0, 0.05) is 6.42 Å². The van der Waals surface area contributed by atoms with Crippen LogP contribution in [0.2, 0.25) is 0 Å². The van der Waals surface area contributed by atoms with E-state index in [1.54, 1.807) is 0 Å². The smallest absolute Gasteiger partial charge is 0.339 e. The Kier molecular flexibility index (Phi) is 3.02. The van der Waals surface area contributed by atoms with Gasteiger partial charge < -0.3 is 14.1 Å². The summed E-state index contributed by atoms with van der Waals surface area (Å²) in [6.45, 7) is 2.40. The number of aromatic carboxylic acids is 1. The molecule has 0 saturated carbocycles. The number of hydrogen-bond acceptors (Lipinski definition) is 3. The van der Waals surface area contributed by atoms with Crippen molar-refractivity contribution in [2.75, 3.05) is 0 Å². The molecular weight excluding hydrogens is 256 g/mol. The SMILES string of the molecule is CCc1nc2ccccc2n1Cc1occc1C(=O)O. The Bertz CT molecular complexity index is 770. The fraction of sp³-hybridized carbons (Fsp3) is 0.200. The average Bonchev–Trinajstić information content (AvgIpc) is 3.04. The molecular formula is C15H14N2O3. The molecule has 0 unspecified atom stereocenters. The molecule has 1 N–H and O–H groups in total. The Labute approximate surface area is 115 Å². The number of rotatable bonds is 4. The quantitative estimate of drug-likeness (QED) is 0.791. The van der Waals surface area contributed by atoms with E-state index < -0.39 is 5.97 Å². The molecule has 2 aromatic heterocycles. The van der Waals surface area contributed by atoms with E-state index in [-0.39, 0.29) is 5.56 Å². The second-order valence-corrected chi connectivity index (χ2v) is 4.52. The molecule has 5 heteroatoms. The summed E-state index contributed by atoms with van der Waals surface area (Å²) in [5.41, 5.74) is 2.09. The van der Waals surface area contributed by atoms with E-state index in [1.807, 2.05) is 35.8 Å². The monoisotopic (exact) mass is 270 g/mol. The van der Waals surface area contributed by atoms with E-state index in [4.69, 9.17) is 9.52 Å². The third-order valence-corrected chi connectivity index (χ3v) is 3.33. The van der Waals surface area contributed by atoms with Crippen molar-refractivity contribution in [1.29, 1.82) is 0 Å². The second kappa shape index (κ2) is 4.85. The number of carboxylic acids is 1. The standard InChI is InChI=1S/C15H14N2O3/c1-2-14-16-11-5-3-4-6-12(11)17(14)9-13-10(15(18)19)7-8-20-13/h3-8H,2,9H2,1H3,(H,18,19). The van der Waals surface area contributed by atoms with E-state index in [2.05, 4.69) is 4.98 Å². The molecule has 0 spiro atoms. The summed E-state index contributed by atoms with van der Waals surface area (Å²) in [4.78, 5) is 15.7. The van der Waals surface area contributed by atoms with Crippen LogP contribution in [-0.4, -0.2) is 20.6 Å². The van der Waals surface area contributed by atoms with Gasteiger partial charge in [0.05, 0.1) is 23.8 Å². The van der Waals surface area contributed by atoms with Crippen LogP contribution in [0.4, 0.5) is 0 Å². The van der Waals surface area contributed by atoms with Gasteiger partial charge in [-0.1, -0.05) is 19.1 Å². The number of benzene rings is 1. The van der Waals surface area contributed by atoms with Gasteiger partial charge in [-0.05, 0) is 18.2 Å². The van der Waals surface area contributed by atoms with Crippen molar-refractivity contribution >= 4 is 17.0 Å². The first-order valence-corrected chi connectivity index (χ1v) is 6.44. The molecule has 0 atom stereocenters. The summed E-state index contributed by atoms with van der Waals surface area (Å²) in [5.74, 6) is 0.380. The summed E-state index contributed by atoms with van der Waals surface area (Å²) in [6, 6.07) is 9.29. The predicted octanol–water partition coefficient (Wildman–Crippen LogP) is 2.94. The van der Waals surface area contributed by atoms with Gasteiger partial charge in [0.25, 0.3) is 0 Å². The van der Waals surface area contributed by atoms with Crippen molar-refractivity contribution in [3.05, 3.63) is 53.7 Å². The van der Waals surface area contributed by atoms with Crippen LogP contribution in [0, 0.1) is 0 Å². The summed E-state index contributed by atoms with van der Waals surface area (Å²) in [6.07, 6.45) is 2.18. The fourth-order valence-corrected chi connectivity index (χ4v) is 2.37. The molecule has 0 radical (unpaired) electrons. The van der Waals surface area contributed by atoms with Gasteiger partial charge in [0.15, 0.2) is 0 Å². The van der Waals surface area contributed by atoms with Gasteiger partial charge in [0.2, 0.25) is 0 Å². The van der Waals surface area contributed by atoms with Crippen LogP contribution in [0.1, 0.15) is 28.9 Å². The minimum Gasteiger partial charge on any atom is -0.478 e. The number of nitrogens with zero attached hydrogens (tertiary/aromatic N) is 2. The molecule has 5 nitrogen and oxygen atoms in total. The number of fused-ring (bicyclic) bond motifs is 1. The Balaban J connectivity index is 2.10. The highest BCUT2D eigenvalue weighted by atomic mass is 16.4. The molecule has 0 fully saturated rings. The molecule has 20 heavy (non-hydrogen) atoms. The van der Waals surface area contributed by atoms with E-state index >= 15 is 0 Å². The van der Waals surface area contributed by atoms with Crippen molar-refractivity contribution in [3.63, 3.8) is 0 Å². The summed E-state index contributed by atoms with van der Waals surface area (Å²) in [5, 5.41) is 9.14. The maximum absolute atomic E-state index is 11.1. The van der Waals surface area contributed by atoms with Crippen molar-refractivity contribution in [2.24, 2.45) is 0 Å². The maximum Gasteiger partial charge on any atom is 0.339 e. The zero-order valence-corrected chi connectivity index (χ0v) is 11.0. The summed E-state index contributed by atoms with van der Waals surface area (Å²) < 4.78 is 7.32. The number of imidazole rings is 1. The number of carbonyl (C=O) groups is 1. The highest BCUT2D eigenvalue weighted by molar-refractivity contribution is 5.88. The Morgan fingerprint density at radius 3 is 2.90 bits per heavy atom. The lowest BCUT2D eigenvalue weighted by Gasteiger charge is -2.06. The first-order chi connectivity index (χ1) is 9.70. The number of para-hydroxylation sites is 2. The molecule has 2 heterocycles. The highest BCUT2D eigenvalue weighted by Gasteiger charge is 2.16. The van der Waals surface area contributed by atoms with Gasteiger partial charge >= 0.3 is 5.97 Å². The third-order valence-electron chi connectivity index (χ3n) is 3.33. The molecule has 0 aliphatic carbocycles. The number of carboxylic acid groups (broad SMARTS) is 1. The van der Waals surface area contributed by atoms with E-state index in [0.29, 0.717) is 12.3 Å². The van der Waals surface area contributed by atoms with Crippen LogP contribution < -0.4 is 0 Å². The normalized spacial score (nSPS) is 11.1. The Morgan fingerprint density at radius 2 is 2.15 bits per heavy atom. The Hall–Kier alpha value is -2.56. The number of hydrogen-bond donors (Lipinski definition) is 1. The first-order valence-electron chi connectivity index (χ1n) is 6.44. The molecule has 0 amide bonds. The van der Waals surface area contributed by atoms with E-state index in [9.17, 15) is 4.79 Å². The lowest BCUT2D eigenvalue weighted by Crippen LogP contribution is -2.07. The molecule has 0 aliphatic rings. The lowest BCUT2D eigenvalue weighted by atomic mass is 10.2. The largest absolute Gasteiger partial charge is 0.478 e. The Morgan fingerprint density at radius 1 is 1.35 bits per heavy atom. The van der Waals surface area contributed by atoms with Crippen LogP contribution in [0.5, 0.6) is 0 Å². The van der Waals surface area contributed by atoms with Crippen LogP contribution in [0.3, 0.4) is 0 Å². The topological polar surface area (TPSA) is 68.3 Å². The molecule has 3 rings (SSSR count). The van der Waals surface area contributed by atoms with Gasteiger partial charge in [-0.3, -0.25) is 0 Å². The van der Waals surface area contributed by atoms with Crippen LogP contribution in [0.25, 0.3) is 11.0 Å². The third kappa shape index (κ3) is 1.97. The number of aryl methyl sites for hydroxylation is 1. The molecule has 1 aromatic carbocycles. The van der Waals surface area contributed by atoms with Crippen LogP contribution in [-0.2, 0) is 13.0 Å². The first kappa shape index (κ1) is 12.5. The maximum atomic E-state index is 11.1. The van der Waals surface area contributed by atoms with Crippen molar-refractivity contribution in [1.82, 2.24) is 9.55 Å². The van der Waals surface area contributed by atoms with Gasteiger partial charge in [0.1, 0.15) is 17.1 Å². The van der Waals surface area contributed by atoms with Crippen LogP contribution in [0.15, 0.2) is 41.0 Å². The zero-order chi connectivity index (χ0) is 14.1. The van der Waals surface area contributed by atoms with Crippen molar-refractivity contribution in [2.45, 2.75) is 19.9 Å². The van der Waals surface area contributed by atoms with Gasteiger partial charge in [-0.15, -0.1) is 0 Å². The predicted molar refractivity (Wildman–Crippen MR) is 73.9 cm³/mol. The molecule has 3 aromatic rings. The molecule has 0 aliphatic heterocycles. The minimum absolute atomic E-state index is 0.199. The average molecular weight is 270 g/mol. The lowest BCUT2D eigenvalue weighted by molar-refractivity contribution is 0.0694. The van der Waals surface area contributed by atoms with E-state index in [0.717, 1.165) is 23.3 Å². The second-order valence-electron chi connectivity index (χ2n) is 4.52.